The van der Waals surface area contributed by atoms with Gasteiger partial charge in [-0.25, -0.2) is 18.7 Å². The molecule has 0 aliphatic rings. The highest BCUT2D eigenvalue weighted by molar-refractivity contribution is 5.57. The lowest BCUT2D eigenvalue weighted by atomic mass is 10.1. The second-order valence-electron chi connectivity index (χ2n) is 4.05. The van der Waals surface area contributed by atoms with Crippen molar-refractivity contribution in [1.82, 2.24) is 9.97 Å². The SMILES string of the molecule is CCc1cnc(-c2ccc(F)c(C(F)(F)F)c2F)nc1. The van der Waals surface area contributed by atoms with Crippen molar-refractivity contribution in [1.29, 1.82) is 0 Å². The first-order valence-electron chi connectivity index (χ1n) is 5.71. The maximum absolute atomic E-state index is 13.9. The van der Waals surface area contributed by atoms with Crippen molar-refractivity contribution in [2.24, 2.45) is 0 Å². The largest absolute Gasteiger partial charge is 0.422 e. The van der Waals surface area contributed by atoms with E-state index >= 15 is 0 Å². The Hall–Kier alpha value is -2.05. The van der Waals surface area contributed by atoms with Crippen LogP contribution in [0, 0.1) is 11.6 Å². The molecule has 2 rings (SSSR count). The van der Waals surface area contributed by atoms with Crippen LogP contribution in [0.25, 0.3) is 11.4 Å². The van der Waals surface area contributed by atoms with Gasteiger partial charge in [-0.05, 0) is 24.1 Å². The summed E-state index contributed by atoms with van der Waals surface area (Å²) in [5, 5.41) is 0. The number of halogens is 5. The van der Waals surface area contributed by atoms with Gasteiger partial charge < -0.3 is 0 Å². The third-order valence-electron chi connectivity index (χ3n) is 2.73. The lowest BCUT2D eigenvalue weighted by molar-refractivity contribution is -0.142. The van der Waals surface area contributed by atoms with E-state index in [0.717, 1.165) is 11.6 Å². The number of hydrogen-bond acceptors (Lipinski definition) is 2. The van der Waals surface area contributed by atoms with Gasteiger partial charge in [-0.15, -0.1) is 0 Å². The smallest absolute Gasteiger partial charge is 0.236 e. The molecular weight excluding hydrogens is 279 g/mol. The molecular formula is C13H9F5N2. The van der Waals surface area contributed by atoms with E-state index in [9.17, 15) is 22.0 Å². The van der Waals surface area contributed by atoms with E-state index < -0.39 is 28.9 Å². The molecule has 0 N–H and O–H groups in total. The molecule has 2 nitrogen and oxygen atoms in total. The molecule has 1 aromatic carbocycles. The molecule has 0 amide bonds. The topological polar surface area (TPSA) is 25.8 Å². The van der Waals surface area contributed by atoms with Crippen LogP contribution < -0.4 is 0 Å². The zero-order chi connectivity index (χ0) is 14.9. The number of rotatable bonds is 2. The van der Waals surface area contributed by atoms with Crippen LogP contribution in [-0.2, 0) is 12.6 Å². The summed E-state index contributed by atoms with van der Waals surface area (Å²) in [6.45, 7) is 1.85. The average molecular weight is 288 g/mol. The van der Waals surface area contributed by atoms with Gasteiger partial charge in [0.25, 0.3) is 0 Å². The van der Waals surface area contributed by atoms with Gasteiger partial charge in [0, 0.05) is 12.4 Å². The lowest BCUT2D eigenvalue weighted by Gasteiger charge is -2.11. The van der Waals surface area contributed by atoms with E-state index in [4.69, 9.17) is 0 Å². The second-order valence-corrected chi connectivity index (χ2v) is 4.05. The van der Waals surface area contributed by atoms with Crippen molar-refractivity contribution in [3.63, 3.8) is 0 Å². The van der Waals surface area contributed by atoms with Crippen LogP contribution in [-0.4, -0.2) is 9.97 Å². The fourth-order valence-corrected chi connectivity index (χ4v) is 1.66. The summed E-state index contributed by atoms with van der Waals surface area (Å²) in [4.78, 5) is 7.59. The highest BCUT2D eigenvalue weighted by Gasteiger charge is 2.39. The molecule has 0 atom stereocenters. The maximum Gasteiger partial charge on any atom is 0.422 e. The summed E-state index contributed by atoms with van der Waals surface area (Å²) in [6.07, 6.45) is -1.70. The molecule has 0 spiro atoms. The molecule has 20 heavy (non-hydrogen) atoms. The van der Waals surface area contributed by atoms with Crippen molar-refractivity contribution in [2.75, 3.05) is 0 Å². The zero-order valence-electron chi connectivity index (χ0n) is 10.3. The van der Waals surface area contributed by atoms with Gasteiger partial charge in [0.15, 0.2) is 5.82 Å². The first kappa shape index (κ1) is 14.4. The third-order valence-corrected chi connectivity index (χ3v) is 2.73. The van der Waals surface area contributed by atoms with Crippen LogP contribution in [0.15, 0.2) is 24.5 Å². The van der Waals surface area contributed by atoms with Gasteiger partial charge in [-0.2, -0.15) is 13.2 Å². The Morgan fingerprint density at radius 1 is 1.05 bits per heavy atom. The van der Waals surface area contributed by atoms with Gasteiger partial charge in [0.1, 0.15) is 17.2 Å². The summed E-state index contributed by atoms with van der Waals surface area (Å²) in [5.41, 5.74) is -1.66. The van der Waals surface area contributed by atoms with Crippen molar-refractivity contribution < 1.29 is 22.0 Å². The van der Waals surface area contributed by atoms with Gasteiger partial charge in [0.2, 0.25) is 0 Å². The fourth-order valence-electron chi connectivity index (χ4n) is 1.66. The van der Waals surface area contributed by atoms with Crippen LogP contribution in [0.5, 0.6) is 0 Å². The molecule has 106 valence electrons. The molecule has 2 aromatic rings. The third kappa shape index (κ3) is 2.61. The van der Waals surface area contributed by atoms with Crippen molar-refractivity contribution in [3.05, 3.63) is 47.3 Å². The summed E-state index contributed by atoms with van der Waals surface area (Å²) < 4.78 is 64.8. The predicted octanol–water partition coefficient (Wildman–Crippen LogP) is 4.00. The Kier molecular flexibility index (Phi) is 3.69. The lowest BCUT2D eigenvalue weighted by Crippen LogP contribution is -2.12. The van der Waals surface area contributed by atoms with E-state index in [1.807, 2.05) is 6.92 Å². The summed E-state index contributed by atoms with van der Waals surface area (Å²) in [6, 6.07) is 1.44. The Bertz CT molecular complexity index is 620. The Morgan fingerprint density at radius 2 is 1.65 bits per heavy atom. The highest BCUT2D eigenvalue weighted by atomic mass is 19.4. The molecule has 0 aliphatic carbocycles. The van der Waals surface area contributed by atoms with Gasteiger partial charge in [-0.3, -0.25) is 0 Å². The van der Waals surface area contributed by atoms with Crippen molar-refractivity contribution in [3.8, 4) is 11.4 Å². The molecule has 0 unspecified atom stereocenters. The number of benzene rings is 1. The van der Waals surface area contributed by atoms with Gasteiger partial charge >= 0.3 is 6.18 Å². The number of hydrogen-bond donors (Lipinski definition) is 0. The van der Waals surface area contributed by atoms with Crippen molar-refractivity contribution >= 4 is 0 Å². The van der Waals surface area contributed by atoms with E-state index in [1.54, 1.807) is 0 Å². The van der Waals surface area contributed by atoms with E-state index in [-0.39, 0.29) is 5.82 Å². The minimum atomic E-state index is -5.12. The Labute approximate surface area is 111 Å². The van der Waals surface area contributed by atoms with Crippen LogP contribution in [0.4, 0.5) is 22.0 Å². The number of alkyl halides is 3. The van der Waals surface area contributed by atoms with Crippen molar-refractivity contribution in [2.45, 2.75) is 19.5 Å². The average Bonchev–Trinajstić information content (AvgIpc) is 2.37. The number of nitrogens with zero attached hydrogens (tertiary/aromatic N) is 2. The second kappa shape index (κ2) is 5.15. The predicted molar refractivity (Wildman–Crippen MR) is 61.8 cm³/mol. The van der Waals surface area contributed by atoms with E-state index in [2.05, 4.69) is 9.97 Å². The highest BCUT2D eigenvalue weighted by Crippen LogP contribution is 2.36. The monoisotopic (exact) mass is 288 g/mol. The molecule has 0 saturated carbocycles. The molecule has 0 aliphatic heterocycles. The normalized spacial score (nSPS) is 11.7. The molecule has 1 aromatic heterocycles. The van der Waals surface area contributed by atoms with Crippen LogP contribution >= 0.6 is 0 Å². The van der Waals surface area contributed by atoms with Crippen LogP contribution in [0.3, 0.4) is 0 Å². The fraction of sp³-hybridized carbons (Fsp3) is 0.231. The molecule has 1 heterocycles. The van der Waals surface area contributed by atoms with Crippen LogP contribution in [0.1, 0.15) is 18.1 Å². The molecule has 0 fully saturated rings. The Balaban J connectivity index is 2.58. The molecule has 7 heteroatoms. The Morgan fingerprint density at radius 3 is 2.15 bits per heavy atom. The summed E-state index contributed by atoms with van der Waals surface area (Å²) >= 11 is 0. The summed E-state index contributed by atoms with van der Waals surface area (Å²) in [5.74, 6) is -3.59. The number of aryl methyl sites for hydroxylation is 1. The first-order chi connectivity index (χ1) is 9.34. The molecule has 0 bridgehead atoms. The zero-order valence-corrected chi connectivity index (χ0v) is 10.3. The maximum atomic E-state index is 13.9. The first-order valence-corrected chi connectivity index (χ1v) is 5.71. The van der Waals surface area contributed by atoms with E-state index in [1.165, 1.54) is 12.4 Å². The van der Waals surface area contributed by atoms with Gasteiger partial charge in [-0.1, -0.05) is 6.92 Å². The quantitative estimate of drug-likeness (QED) is 0.780. The standard InChI is InChI=1S/C13H9F5N2/c1-2-7-5-19-12(20-6-7)8-3-4-9(14)10(11(8)15)13(16,17)18/h3-6H,2H2,1H3. The minimum absolute atomic E-state index is 0.217. The molecule has 0 radical (unpaired) electrons. The minimum Gasteiger partial charge on any atom is -0.236 e. The van der Waals surface area contributed by atoms with E-state index in [0.29, 0.717) is 12.5 Å². The number of aromatic nitrogens is 2. The molecule has 0 saturated heterocycles. The van der Waals surface area contributed by atoms with Crippen LogP contribution in [0.2, 0.25) is 0 Å². The summed E-state index contributed by atoms with van der Waals surface area (Å²) in [7, 11) is 0. The van der Waals surface area contributed by atoms with Gasteiger partial charge in [0.05, 0.1) is 5.56 Å².